The van der Waals surface area contributed by atoms with Crippen LogP contribution in [-0.4, -0.2) is 101 Å². The summed E-state index contributed by atoms with van der Waals surface area (Å²) in [5, 5.41) is 0. The van der Waals surface area contributed by atoms with Gasteiger partial charge in [0.25, 0.3) is 0 Å². The quantitative estimate of drug-likeness (QED) is 0.712. The van der Waals surface area contributed by atoms with E-state index >= 15 is 0 Å². The monoisotopic (exact) mass is 300 g/mol. The molecule has 0 heterocycles. The molecule has 0 aromatic rings. The first-order valence-electron chi connectivity index (χ1n) is 8.47. The molecule has 0 unspecified atom stereocenters. The maximum Gasteiger partial charge on any atom is 0.0107 e. The third kappa shape index (κ3) is 13.2. The summed E-state index contributed by atoms with van der Waals surface area (Å²) in [6, 6.07) is 0.888. The molecule has 0 atom stereocenters. The summed E-state index contributed by atoms with van der Waals surface area (Å²) in [4.78, 5) is 9.15. The first kappa shape index (κ1) is 20.8. The van der Waals surface area contributed by atoms with Crippen molar-refractivity contribution in [3.05, 3.63) is 0 Å². The van der Waals surface area contributed by atoms with Crippen molar-refractivity contribution in [1.82, 2.24) is 19.6 Å². The summed E-state index contributed by atoms with van der Waals surface area (Å²) >= 11 is 0. The van der Waals surface area contributed by atoms with Crippen molar-refractivity contribution in [3.63, 3.8) is 0 Å². The SMILES string of the molecule is CN(C)C1CCCCC1.CN(C)CCN(C)CCN(C)C. The summed E-state index contributed by atoms with van der Waals surface area (Å²) in [6.45, 7) is 4.59. The zero-order valence-electron chi connectivity index (χ0n) is 15.7. The molecule has 128 valence electrons. The number of nitrogens with zero attached hydrogens (tertiary/aromatic N) is 4. The van der Waals surface area contributed by atoms with Crippen molar-refractivity contribution >= 4 is 0 Å². The van der Waals surface area contributed by atoms with Crippen LogP contribution in [-0.2, 0) is 0 Å². The molecule has 4 heteroatoms. The van der Waals surface area contributed by atoms with E-state index in [0.717, 1.165) is 32.2 Å². The predicted molar refractivity (Wildman–Crippen MR) is 95.2 cm³/mol. The second kappa shape index (κ2) is 12.4. The minimum absolute atomic E-state index is 0.888. The van der Waals surface area contributed by atoms with E-state index in [1.807, 2.05) is 0 Å². The van der Waals surface area contributed by atoms with Crippen molar-refractivity contribution in [3.8, 4) is 0 Å². The molecule has 1 fully saturated rings. The second-order valence-corrected chi connectivity index (χ2v) is 7.17. The topological polar surface area (TPSA) is 13.0 Å². The van der Waals surface area contributed by atoms with Crippen LogP contribution in [0.3, 0.4) is 0 Å². The predicted octanol–water partition coefficient (Wildman–Crippen LogP) is 1.92. The van der Waals surface area contributed by atoms with Gasteiger partial charge in [-0.25, -0.2) is 0 Å². The summed E-state index contributed by atoms with van der Waals surface area (Å²) < 4.78 is 0. The van der Waals surface area contributed by atoms with Crippen LogP contribution in [0.15, 0.2) is 0 Å². The van der Waals surface area contributed by atoms with Gasteiger partial charge in [0.05, 0.1) is 0 Å². The Labute approximate surface area is 134 Å². The molecule has 1 aliphatic rings. The van der Waals surface area contributed by atoms with Crippen LogP contribution in [0.25, 0.3) is 0 Å². The fraction of sp³-hybridized carbons (Fsp3) is 1.00. The molecule has 1 aliphatic carbocycles. The van der Waals surface area contributed by atoms with Crippen LogP contribution < -0.4 is 0 Å². The van der Waals surface area contributed by atoms with Gasteiger partial charge in [-0.05, 0) is 62.2 Å². The fourth-order valence-corrected chi connectivity index (χ4v) is 2.45. The third-order valence-corrected chi connectivity index (χ3v) is 4.16. The average molecular weight is 301 g/mol. The van der Waals surface area contributed by atoms with Crippen LogP contribution in [0.5, 0.6) is 0 Å². The Morgan fingerprint density at radius 3 is 1.33 bits per heavy atom. The van der Waals surface area contributed by atoms with Gasteiger partial charge in [-0.1, -0.05) is 19.3 Å². The maximum absolute atomic E-state index is 2.36. The average Bonchev–Trinajstić information content (AvgIpc) is 2.44. The highest BCUT2D eigenvalue weighted by molar-refractivity contribution is 4.70. The second-order valence-electron chi connectivity index (χ2n) is 7.17. The van der Waals surface area contributed by atoms with Crippen molar-refractivity contribution in [2.24, 2.45) is 0 Å². The Hall–Kier alpha value is -0.160. The Bertz CT molecular complexity index is 211. The van der Waals surface area contributed by atoms with Crippen LogP contribution in [0, 0.1) is 0 Å². The summed E-state index contributed by atoms with van der Waals surface area (Å²) in [6.07, 6.45) is 7.20. The van der Waals surface area contributed by atoms with Gasteiger partial charge in [0.1, 0.15) is 0 Å². The molecule has 0 aliphatic heterocycles. The highest BCUT2D eigenvalue weighted by Gasteiger charge is 2.13. The van der Waals surface area contributed by atoms with Crippen LogP contribution in [0.4, 0.5) is 0 Å². The van der Waals surface area contributed by atoms with Crippen molar-refractivity contribution in [2.75, 3.05) is 75.5 Å². The standard InChI is InChI=1S/C9H23N3.C8H17N/c1-10(2)6-8-12(5)9-7-11(3)4;1-9(2)8-6-4-3-5-7-8/h6-9H2,1-5H3;8H,3-7H2,1-2H3. The lowest BCUT2D eigenvalue weighted by Gasteiger charge is -2.27. The number of likely N-dealkylation sites (N-methyl/N-ethyl adjacent to an activating group) is 3. The summed E-state index contributed by atoms with van der Waals surface area (Å²) in [5.41, 5.74) is 0. The van der Waals surface area contributed by atoms with Gasteiger partial charge in [-0.15, -0.1) is 0 Å². The number of hydrogen-bond donors (Lipinski definition) is 0. The van der Waals surface area contributed by atoms with Crippen molar-refractivity contribution in [1.29, 1.82) is 0 Å². The molecule has 0 spiro atoms. The van der Waals surface area contributed by atoms with E-state index < -0.39 is 0 Å². The van der Waals surface area contributed by atoms with E-state index in [-0.39, 0.29) is 0 Å². The molecule has 0 radical (unpaired) electrons. The first-order chi connectivity index (χ1) is 9.82. The molecule has 0 bridgehead atoms. The van der Waals surface area contributed by atoms with E-state index in [9.17, 15) is 0 Å². The summed E-state index contributed by atoms with van der Waals surface area (Å²) in [5.74, 6) is 0. The van der Waals surface area contributed by atoms with Crippen LogP contribution in [0.1, 0.15) is 32.1 Å². The van der Waals surface area contributed by atoms with E-state index in [1.54, 1.807) is 0 Å². The molecule has 0 N–H and O–H groups in total. The zero-order valence-corrected chi connectivity index (χ0v) is 15.7. The van der Waals surface area contributed by atoms with E-state index in [4.69, 9.17) is 0 Å². The lowest BCUT2D eigenvalue weighted by atomic mass is 9.95. The van der Waals surface area contributed by atoms with Gasteiger partial charge in [-0.2, -0.15) is 0 Å². The molecular weight excluding hydrogens is 260 g/mol. The Balaban J connectivity index is 0.000000394. The van der Waals surface area contributed by atoms with Gasteiger partial charge < -0.3 is 19.6 Å². The van der Waals surface area contributed by atoms with Gasteiger partial charge in [0.2, 0.25) is 0 Å². The maximum atomic E-state index is 2.36. The minimum atomic E-state index is 0.888. The third-order valence-electron chi connectivity index (χ3n) is 4.16. The van der Waals surface area contributed by atoms with Crippen LogP contribution in [0.2, 0.25) is 0 Å². The van der Waals surface area contributed by atoms with Gasteiger partial charge in [0, 0.05) is 32.2 Å². The van der Waals surface area contributed by atoms with E-state index in [2.05, 4.69) is 68.9 Å². The molecule has 0 aromatic carbocycles. The Kier molecular flexibility index (Phi) is 12.3. The normalized spacial score (nSPS) is 16.7. The first-order valence-corrected chi connectivity index (χ1v) is 8.47. The van der Waals surface area contributed by atoms with E-state index in [0.29, 0.717) is 0 Å². The van der Waals surface area contributed by atoms with Gasteiger partial charge in [-0.3, -0.25) is 0 Å². The molecule has 1 rings (SSSR count). The summed E-state index contributed by atoms with van der Waals surface area (Å²) in [7, 11) is 15.0. The Morgan fingerprint density at radius 2 is 1.05 bits per heavy atom. The van der Waals surface area contributed by atoms with Crippen molar-refractivity contribution in [2.45, 2.75) is 38.1 Å². The molecule has 0 saturated heterocycles. The highest BCUT2D eigenvalue weighted by atomic mass is 15.2. The fourth-order valence-electron chi connectivity index (χ4n) is 2.45. The highest BCUT2D eigenvalue weighted by Crippen LogP contribution is 2.20. The smallest absolute Gasteiger partial charge is 0.0107 e. The zero-order chi connectivity index (χ0) is 16.3. The lowest BCUT2D eigenvalue weighted by molar-refractivity contribution is 0.229. The molecule has 21 heavy (non-hydrogen) atoms. The lowest BCUT2D eigenvalue weighted by Crippen LogP contribution is -2.33. The number of rotatable bonds is 7. The molecule has 1 saturated carbocycles. The largest absolute Gasteiger partial charge is 0.308 e. The van der Waals surface area contributed by atoms with Gasteiger partial charge in [0.15, 0.2) is 0 Å². The molecule has 0 aromatic heterocycles. The molecule has 4 nitrogen and oxygen atoms in total. The Morgan fingerprint density at radius 1 is 0.619 bits per heavy atom. The molecular formula is C17H40N4. The van der Waals surface area contributed by atoms with E-state index in [1.165, 1.54) is 32.1 Å². The van der Waals surface area contributed by atoms with Gasteiger partial charge >= 0.3 is 0 Å². The molecule has 0 amide bonds. The minimum Gasteiger partial charge on any atom is -0.308 e. The van der Waals surface area contributed by atoms with Crippen molar-refractivity contribution < 1.29 is 0 Å². The van der Waals surface area contributed by atoms with Crippen LogP contribution >= 0.6 is 0 Å². The number of hydrogen-bond acceptors (Lipinski definition) is 4.